The van der Waals surface area contributed by atoms with E-state index in [1.54, 1.807) is 0 Å². The molecule has 14 heteroatoms. The van der Waals surface area contributed by atoms with Crippen molar-refractivity contribution in [1.29, 1.82) is 0 Å². The lowest BCUT2D eigenvalue weighted by Crippen LogP contribution is -2.65. The summed E-state index contributed by atoms with van der Waals surface area (Å²) in [6, 6.07) is 0. The van der Waals surface area contributed by atoms with Gasteiger partial charge in [0.1, 0.15) is 0 Å². The van der Waals surface area contributed by atoms with Crippen LogP contribution in [0.4, 0.5) is 51.7 Å². The molecule has 0 unspecified atom stereocenters. The number of halogens is 12. The van der Waals surface area contributed by atoms with Crippen LogP contribution in [0.5, 0.6) is 0 Å². The summed E-state index contributed by atoms with van der Waals surface area (Å²) in [5, 5.41) is -16.1. The molecule has 0 aromatic carbocycles. The lowest BCUT2D eigenvalue weighted by atomic mass is 10.7. The van der Waals surface area contributed by atoms with E-state index < -0.39 is 32.7 Å². The van der Waals surface area contributed by atoms with E-state index in [1.807, 2.05) is 0 Å². The molecule has 0 spiro atoms. The van der Waals surface area contributed by atoms with Crippen LogP contribution >= 0.6 is 0 Å². The molecule has 0 heterocycles. The average Bonchev–Trinajstić information content (AvgIpc) is 1.97. The highest BCUT2D eigenvalue weighted by atomic mass is 32.3. The number of rotatable bonds is 2. The van der Waals surface area contributed by atoms with Crippen LogP contribution in [0, 0.1) is 0 Å². The van der Waals surface area contributed by atoms with Gasteiger partial charge in [-0.2, -0.15) is 43.9 Å². The molecule has 0 atom stereocenters. The Kier molecular flexibility index (Phi) is 3.31. The summed E-state index contributed by atoms with van der Waals surface area (Å²) in [7, 11) is -10.8. The lowest BCUT2D eigenvalue weighted by Gasteiger charge is -2.39. The first-order valence-corrected chi connectivity index (χ1v) is 5.04. The minimum Gasteiger partial charge on any atom is -0.210 e. The van der Waals surface area contributed by atoms with Gasteiger partial charge in [-0.05, 0) is 0 Å². The second-order valence-electron chi connectivity index (χ2n) is 2.79. The van der Waals surface area contributed by atoms with E-state index in [9.17, 15) is 55.9 Å². The van der Waals surface area contributed by atoms with Gasteiger partial charge in [0, 0.05) is 0 Å². The highest BCUT2D eigenvalue weighted by molar-refractivity contribution is 8.13. The first-order valence-electron chi connectivity index (χ1n) is 3.27. The Morgan fingerprint density at radius 3 is 0.833 bits per heavy atom. The van der Waals surface area contributed by atoms with E-state index >= 15 is 0 Å². The Morgan fingerprint density at radius 2 is 0.722 bits per heavy atom. The third kappa shape index (κ3) is 1.84. The molecule has 0 aromatic heterocycles. The first kappa shape index (κ1) is 17.3. The molecule has 0 rings (SSSR count). The van der Waals surface area contributed by atoms with Crippen LogP contribution in [-0.4, -0.2) is 27.1 Å². The van der Waals surface area contributed by atoms with E-state index in [2.05, 4.69) is 0 Å². The quantitative estimate of drug-likeness (QED) is 0.556. The smallest absolute Gasteiger partial charge is 0.210 e. The van der Waals surface area contributed by atoms with Crippen molar-refractivity contribution < 1.29 is 55.9 Å². The predicted molar refractivity (Wildman–Crippen MR) is 32.4 cm³/mol. The van der Waals surface area contributed by atoms with Crippen molar-refractivity contribution in [3.05, 3.63) is 0 Å². The van der Waals surface area contributed by atoms with E-state index in [4.69, 9.17) is 0 Å². The van der Waals surface area contributed by atoms with Gasteiger partial charge in [0.05, 0.1) is 0 Å². The Hall–Kier alpha value is -0.690. The van der Waals surface area contributed by atoms with Crippen LogP contribution in [-0.2, 0) is 9.84 Å². The second-order valence-corrected chi connectivity index (χ2v) is 5.34. The van der Waals surface area contributed by atoms with Gasteiger partial charge >= 0.3 is 22.9 Å². The fraction of sp³-hybridized carbons (Fsp3) is 1.00. The molecule has 0 aliphatic rings. The molecule has 0 aromatic rings. The molecular weight excluding hydrogens is 324 g/mol. The van der Waals surface area contributed by atoms with Gasteiger partial charge in [0.2, 0.25) is 0 Å². The zero-order valence-electron chi connectivity index (χ0n) is 7.35. The van der Waals surface area contributed by atoms with Crippen molar-refractivity contribution in [3.8, 4) is 0 Å². The number of hydrogen-bond acceptors (Lipinski definition) is 1. The highest BCUT2D eigenvalue weighted by Crippen LogP contribution is 2.65. The third-order valence-electron chi connectivity index (χ3n) is 1.51. The molecule has 1 nitrogen and oxygen atoms in total. The summed E-state index contributed by atoms with van der Waals surface area (Å²) in [4.78, 5) is 0. The van der Waals surface area contributed by atoms with Crippen molar-refractivity contribution in [3.63, 3.8) is 0 Å². The number of alkyl halides is 10. The van der Waals surface area contributed by atoms with Gasteiger partial charge in [0.25, 0.3) is 9.84 Å². The van der Waals surface area contributed by atoms with E-state index in [1.165, 1.54) is 0 Å². The average molecular weight is 324 g/mol. The van der Waals surface area contributed by atoms with Crippen LogP contribution < -0.4 is 0 Å². The van der Waals surface area contributed by atoms with E-state index in [0.29, 0.717) is 0 Å². The lowest BCUT2D eigenvalue weighted by molar-refractivity contribution is -0.271. The van der Waals surface area contributed by atoms with Gasteiger partial charge in [-0.15, -0.1) is 7.77 Å². The second kappa shape index (κ2) is 3.45. The van der Waals surface area contributed by atoms with Crippen molar-refractivity contribution in [2.24, 2.45) is 0 Å². The number of hydrogen-bond donors (Lipinski definition) is 0. The summed E-state index contributed by atoms with van der Waals surface area (Å²) in [5.74, 6) is 0. The third-order valence-corrected chi connectivity index (χ3v) is 3.68. The fourth-order valence-corrected chi connectivity index (χ4v) is 1.64. The molecule has 112 valence electrons. The predicted octanol–water partition coefficient (Wildman–Crippen LogP) is 3.89. The van der Waals surface area contributed by atoms with Gasteiger partial charge in [-0.1, -0.05) is 0 Å². The van der Waals surface area contributed by atoms with Crippen LogP contribution in [0.2, 0.25) is 0 Å². The van der Waals surface area contributed by atoms with Gasteiger partial charge in [-0.25, -0.2) is 4.21 Å². The van der Waals surface area contributed by atoms with Gasteiger partial charge in [-0.3, -0.25) is 0 Å². The molecule has 18 heavy (non-hydrogen) atoms. The fourth-order valence-electron chi connectivity index (χ4n) is 0.546. The Morgan fingerprint density at radius 1 is 0.556 bits per heavy atom. The van der Waals surface area contributed by atoms with Gasteiger partial charge in [0.15, 0.2) is 0 Å². The van der Waals surface area contributed by atoms with Gasteiger partial charge < -0.3 is 0 Å². The largest absolute Gasteiger partial charge is 0.470 e. The van der Waals surface area contributed by atoms with Crippen molar-refractivity contribution in [1.82, 2.24) is 0 Å². The minimum atomic E-state index is -10.8. The minimum absolute atomic E-state index is 7.56. The maximum atomic E-state index is 12.3. The summed E-state index contributed by atoms with van der Waals surface area (Å²) >= 11 is 0. The van der Waals surface area contributed by atoms with Crippen molar-refractivity contribution >= 4 is 9.84 Å². The molecule has 0 aliphatic heterocycles. The van der Waals surface area contributed by atoms with Crippen LogP contribution in [0.25, 0.3) is 0 Å². The molecule has 0 radical (unpaired) electrons. The molecule has 0 saturated carbocycles. The molecule has 0 amide bonds. The maximum Gasteiger partial charge on any atom is 0.470 e. The standard InChI is InChI=1S/C4F12OS/c5-1(6,7)3(11,12)18(15,16,17)4(13,14)2(8,9)10. The van der Waals surface area contributed by atoms with E-state index in [-0.39, 0.29) is 0 Å². The molecule has 0 N–H and O–H groups in total. The molecular formula is C4F12OS. The molecule has 0 bridgehead atoms. The molecule has 0 fully saturated rings. The Balaban J connectivity index is 6.29. The van der Waals surface area contributed by atoms with Crippen LogP contribution in [0.1, 0.15) is 0 Å². The Labute approximate surface area is 89.7 Å². The monoisotopic (exact) mass is 324 g/mol. The highest BCUT2D eigenvalue weighted by Gasteiger charge is 2.91. The SMILES string of the molecule is O=S(F)(F)(C(F)(F)C(F)(F)F)C(F)(F)C(F)(F)F. The maximum absolute atomic E-state index is 12.3. The first-order chi connectivity index (χ1) is 7.29. The topological polar surface area (TPSA) is 17.1 Å². The molecule has 0 aliphatic carbocycles. The van der Waals surface area contributed by atoms with E-state index in [0.717, 1.165) is 0 Å². The molecule has 0 saturated heterocycles. The van der Waals surface area contributed by atoms with Crippen LogP contribution in [0.3, 0.4) is 0 Å². The van der Waals surface area contributed by atoms with Crippen LogP contribution in [0.15, 0.2) is 0 Å². The zero-order chi connectivity index (χ0) is 15.4. The summed E-state index contributed by atoms with van der Waals surface area (Å²) in [6.45, 7) is 0. The van der Waals surface area contributed by atoms with Crippen molar-refractivity contribution in [2.75, 3.05) is 0 Å². The zero-order valence-corrected chi connectivity index (χ0v) is 8.17. The summed E-state index contributed by atoms with van der Waals surface area (Å²) < 4.78 is 151. The summed E-state index contributed by atoms with van der Waals surface area (Å²) in [5.41, 5.74) is 0. The van der Waals surface area contributed by atoms with Crippen molar-refractivity contribution in [2.45, 2.75) is 22.9 Å². The summed E-state index contributed by atoms with van der Waals surface area (Å²) in [6.07, 6.45) is -15.1. The Bertz CT molecular complexity index is 361. The normalized spacial score (nSPS) is 18.3.